The van der Waals surface area contributed by atoms with E-state index in [1.54, 1.807) is 0 Å². The maximum atomic E-state index is 14.5. The number of hydrogen-bond acceptors (Lipinski definition) is 3. The van der Waals surface area contributed by atoms with E-state index in [1.165, 1.54) is 5.56 Å². The lowest BCUT2D eigenvalue weighted by Crippen LogP contribution is -2.31. The number of hydrazine groups is 1. The van der Waals surface area contributed by atoms with Crippen molar-refractivity contribution in [2.75, 3.05) is 20.6 Å². The van der Waals surface area contributed by atoms with Gasteiger partial charge in [-0.05, 0) is 18.1 Å². The molecule has 0 bridgehead atoms. The summed E-state index contributed by atoms with van der Waals surface area (Å²) in [6, 6.07) is 28.4. The molecule has 0 spiro atoms. The van der Waals surface area contributed by atoms with Crippen LogP contribution in [-0.4, -0.2) is 30.7 Å². The fourth-order valence-electron chi connectivity index (χ4n) is 3.93. The van der Waals surface area contributed by atoms with Crippen LogP contribution in [0.1, 0.15) is 18.0 Å². The van der Waals surface area contributed by atoms with Gasteiger partial charge < -0.3 is 4.57 Å². The molecule has 3 nitrogen and oxygen atoms in total. The number of benzene rings is 3. The van der Waals surface area contributed by atoms with Crippen LogP contribution < -0.4 is 15.9 Å². The maximum Gasteiger partial charge on any atom is 0.171 e. The van der Waals surface area contributed by atoms with Gasteiger partial charge in [0.15, 0.2) is 7.14 Å². The summed E-state index contributed by atoms with van der Waals surface area (Å²) in [6.45, 7) is 1.04. The van der Waals surface area contributed by atoms with E-state index in [-0.39, 0.29) is 0 Å². The van der Waals surface area contributed by atoms with Crippen LogP contribution >= 0.6 is 7.14 Å². The molecule has 3 aromatic rings. The fourth-order valence-corrected chi connectivity index (χ4v) is 6.63. The van der Waals surface area contributed by atoms with Crippen LogP contribution in [0, 0.1) is 0 Å². The summed E-state index contributed by atoms with van der Waals surface area (Å²) in [7, 11) is 1.33. The molecule has 3 aromatic carbocycles. The molecule has 1 fully saturated rings. The molecular formula is C23H25N2OP. The highest BCUT2D eigenvalue weighted by atomic mass is 31.2. The van der Waals surface area contributed by atoms with E-state index in [4.69, 9.17) is 0 Å². The minimum absolute atomic E-state index is 0.329. The summed E-state index contributed by atoms with van der Waals surface area (Å²) in [5.74, 6) is 0. The SMILES string of the molecule is CN1CCC(c2cccc(P(=O)(c3ccccc3)c3ccccc3)c2)N1C. The molecule has 0 N–H and O–H groups in total. The molecule has 1 heterocycles. The Bertz CT molecular complexity index is 915. The van der Waals surface area contributed by atoms with Crippen LogP contribution in [0.2, 0.25) is 0 Å². The molecule has 0 saturated carbocycles. The molecule has 1 saturated heterocycles. The van der Waals surface area contributed by atoms with Crippen molar-refractivity contribution in [2.24, 2.45) is 0 Å². The topological polar surface area (TPSA) is 23.6 Å². The summed E-state index contributed by atoms with van der Waals surface area (Å²) in [5, 5.41) is 7.18. The second kappa shape index (κ2) is 7.44. The van der Waals surface area contributed by atoms with Crippen molar-refractivity contribution >= 4 is 23.1 Å². The summed E-state index contributed by atoms with van der Waals surface area (Å²) in [6.07, 6.45) is 1.08. The molecule has 1 atom stereocenters. The lowest BCUT2D eigenvalue weighted by Gasteiger charge is -2.26. The first-order chi connectivity index (χ1) is 13.1. The molecule has 27 heavy (non-hydrogen) atoms. The van der Waals surface area contributed by atoms with Crippen molar-refractivity contribution in [1.82, 2.24) is 10.0 Å². The first-order valence-electron chi connectivity index (χ1n) is 9.36. The Balaban J connectivity index is 1.85. The molecule has 138 valence electrons. The van der Waals surface area contributed by atoms with Crippen molar-refractivity contribution in [2.45, 2.75) is 12.5 Å². The highest BCUT2D eigenvalue weighted by Crippen LogP contribution is 2.43. The van der Waals surface area contributed by atoms with E-state index >= 15 is 0 Å². The Morgan fingerprint density at radius 2 is 1.33 bits per heavy atom. The molecule has 1 aliphatic heterocycles. The van der Waals surface area contributed by atoms with Crippen molar-refractivity contribution in [3.63, 3.8) is 0 Å². The third-order valence-corrected chi connectivity index (χ3v) is 8.63. The molecule has 0 aliphatic carbocycles. The second-order valence-corrected chi connectivity index (χ2v) is 9.90. The Kier molecular flexibility index (Phi) is 5.01. The lowest BCUT2D eigenvalue weighted by molar-refractivity contribution is 0.0529. The van der Waals surface area contributed by atoms with Gasteiger partial charge in [0, 0.05) is 36.6 Å². The molecule has 1 unspecified atom stereocenters. The van der Waals surface area contributed by atoms with Gasteiger partial charge in [0.25, 0.3) is 0 Å². The van der Waals surface area contributed by atoms with Crippen LogP contribution in [0.4, 0.5) is 0 Å². The third kappa shape index (κ3) is 3.27. The summed E-state index contributed by atoms with van der Waals surface area (Å²) >= 11 is 0. The van der Waals surface area contributed by atoms with E-state index < -0.39 is 7.14 Å². The quantitative estimate of drug-likeness (QED) is 0.651. The Morgan fingerprint density at radius 1 is 0.778 bits per heavy atom. The van der Waals surface area contributed by atoms with Gasteiger partial charge in [0.2, 0.25) is 0 Å². The van der Waals surface area contributed by atoms with E-state index in [1.807, 2.05) is 66.7 Å². The first kappa shape index (κ1) is 18.2. The van der Waals surface area contributed by atoms with Crippen LogP contribution in [0.15, 0.2) is 84.9 Å². The van der Waals surface area contributed by atoms with E-state index in [9.17, 15) is 4.57 Å². The van der Waals surface area contributed by atoms with Crippen molar-refractivity contribution < 1.29 is 4.57 Å². The lowest BCUT2D eigenvalue weighted by atomic mass is 10.1. The zero-order chi connectivity index (χ0) is 18.9. The maximum absolute atomic E-state index is 14.5. The zero-order valence-electron chi connectivity index (χ0n) is 15.8. The van der Waals surface area contributed by atoms with Gasteiger partial charge >= 0.3 is 0 Å². The van der Waals surface area contributed by atoms with E-state index in [0.717, 1.165) is 28.9 Å². The average Bonchev–Trinajstić information content (AvgIpc) is 3.07. The normalized spacial score (nSPS) is 18.7. The Morgan fingerprint density at radius 3 is 1.85 bits per heavy atom. The summed E-state index contributed by atoms with van der Waals surface area (Å²) < 4.78 is 14.5. The van der Waals surface area contributed by atoms with Crippen LogP contribution in [0.3, 0.4) is 0 Å². The predicted molar refractivity (Wildman–Crippen MR) is 114 cm³/mol. The highest BCUT2D eigenvalue weighted by molar-refractivity contribution is 7.85. The fraction of sp³-hybridized carbons (Fsp3) is 0.217. The van der Waals surface area contributed by atoms with Gasteiger partial charge in [-0.1, -0.05) is 78.9 Å². The standard InChI is InChI=1S/C23H25N2OP/c1-24-17-16-23(25(24)2)19-10-9-15-22(18-19)27(26,20-11-5-3-6-12-20)21-13-7-4-8-14-21/h3-15,18,23H,16-17H2,1-2H3. The van der Waals surface area contributed by atoms with E-state index in [0.29, 0.717) is 6.04 Å². The van der Waals surface area contributed by atoms with Gasteiger partial charge in [-0.2, -0.15) is 0 Å². The average molecular weight is 376 g/mol. The third-order valence-electron chi connectivity index (χ3n) is 5.57. The Labute approximate surface area is 161 Å². The van der Waals surface area contributed by atoms with Crippen LogP contribution in [-0.2, 0) is 4.57 Å². The summed E-state index contributed by atoms with van der Waals surface area (Å²) in [4.78, 5) is 0. The summed E-state index contributed by atoms with van der Waals surface area (Å²) in [5.41, 5.74) is 1.23. The van der Waals surface area contributed by atoms with Gasteiger partial charge in [0.05, 0.1) is 6.04 Å². The van der Waals surface area contributed by atoms with Crippen molar-refractivity contribution in [1.29, 1.82) is 0 Å². The predicted octanol–water partition coefficient (Wildman–Crippen LogP) is 3.55. The zero-order valence-corrected chi connectivity index (χ0v) is 16.7. The minimum atomic E-state index is -2.91. The monoisotopic (exact) mass is 376 g/mol. The van der Waals surface area contributed by atoms with Crippen molar-refractivity contribution in [3.8, 4) is 0 Å². The van der Waals surface area contributed by atoms with Gasteiger partial charge in [-0.25, -0.2) is 10.0 Å². The molecule has 0 radical (unpaired) electrons. The minimum Gasteiger partial charge on any atom is -0.309 e. The molecule has 0 amide bonds. The smallest absolute Gasteiger partial charge is 0.171 e. The van der Waals surface area contributed by atoms with Crippen molar-refractivity contribution in [3.05, 3.63) is 90.5 Å². The second-order valence-electron chi connectivity index (χ2n) is 7.13. The number of rotatable bonds is 4. The molecule has 4 heteroatoms. The largest absolute Gasteiger partial charge is 0.309 e. The van der Waals surface area contributed by atoms with Crippen LogP contribution in [0.25, 0.3) is 0 Å². The Hall–Kier alpha value is -2.19. The first-order valence-corrected chi connectivity index (χ1v) is 11.1. The molecular weight excluding hydrogens is 351 g/mol. The molecule has 0 aromatic heterocycles. The highest BCUT2D eigenvalue weighted by Gasteiger charge is 2.32. The number of nitrogens with zero attached hydrogens (tertiary/aromatic N) is 2. The van der Waals surface area contributed by atoms with Gasteiger partial charge in [-0.3, -0.25) is 0 Å². The van der Waals surface area contributed by atoms with E-state index in [2.05, 4.69) is 42.3 Å². The van der Waals surface area contributed by atoms with Crippen LogP contribution in [0.5, 0.6) is 0 Å². The molecule has 1 aliphatic rings. The van der Waals surface area contributed by atoms with Gasteiger partial charge in [0.1, 0.15) is 0 Å². The van der Waals surface area contributed by atoms with Gasteiger partial charge in [-0.15, -0.1) is 0 Å². The number of hydrogen-bond donors (Lipinski definition) is 0. The molecule has 4 rings (SSSR count).